The van der Waals surface area contributed by atoms with Crippen molar-refractivity contribution in [3.63, 3.8) is 0 Å². The maximum Gasteiger partial charge on any atom is 0.239 e. The Morgan fingerprint density at radius 1 is 1.22 bits per heavy atom. The Morgan fingerprint density at radius 3 is 2.74 bits per heavy atom. The molecule has 1 atom stereocenters. The lowest BCUT2D eigenvalue weighted by Gasteiger charge is -2.44. The molecule has 5 nitrogen and oxygen atoms in total. The fourth-order valence-corrected chi connectivity index (χ4v) is 6.64. The van der Waals surface area contributed by atoms with E-state index in [1.54, 1.807) is 11.3 Å². The third kappa shape index (κ3) is 2.23. The van der Waals surface area contributed by atoms with Crippen LogP contribution in [-0.4, -0.2) is 31.5 Å². The van der Waals surface area contributed by atoms with Gasteiger partial charge in [0, 0.05) is 39.2 Å². The number of thiophene rings is 1. The van der Waals surface area contributed by atoms with Crippen molar-refractivity contribution in [1.82, 2.24) is 4.31 Å². The summed E-state index contributed by atoms with van der Waals surface area (Å²) in [5, 5.41) is 2.27. The SMILES string of the molecule is CC#Cc1ccc2sc3cc4c(cc3c2c1)[C@]1(C4)CS(=O)(=O)N(C)C(N)=N1. The molecule has 3 aromatic rings. The van der Waals surface area contributed by atoms with E-state index >= 15 is 0 Å². The fraction of sp³-hybridized carbons (Fsp3) is 0.250. The third-order valence-corrected chi connectivity index (χ3v) is 8.44. The summed E-state index contributed by atoms with van der Waals surface area (Å²) in [6.45, 7) is 1.82. The van der Waals surface area contributed by atoms with Gasteiger partial charge in [0.05, 0.1) is 5.75 Å². The second kappa shape index (κ2) is 5.24. The standard InChI is InChI=1S/C20H17N3O2S2/c1-3-4-12-5-6-17-14(7-12)15-9-16-13(8-18(15)26-17)10-20(16)11-27(24,25)23(2)19(21)22-20/h5-9H,10-11H2,1-2H3,(H2,21,22)/t20-/m0/s1. The third-order valence-electron chi connectivity index (χ3n) is 5.44. The molecular weight excluding hydrogens is 378 g/mol. The highest BCUT2D eigenvalue weighted by molar-refractivity contribution is 7.89. The molecule has 2 heterocycles. The van der Waals surface area contributed by atoms with Crippen LogP contribution in [0.1, 0.15) is 23.6 Å². The molecule has 136 valence electrons. The van der Waals surface area contributed by atoms with Crippen molar-refractivity contribution in [2.24, 2.45) is 10.7 Å². The molecule has 1 aliphatic heterocycles. The van der Waals surface area contributed by atoms with Crippen LogP contribution in [-0.2, 0) is 22.0 Å². The second-order valence-electron chi connectivity index (χ2n) is 7.10. The zero-order chi connectivity index (χ0) is 19.0. The van der Waals surface area contributed by atoms with Crippen LogP contribution in [0.2, 0.25) is 0 Å². The van der Waals surface area contributed by atoms with Gasteiger partial charge >= 0.3 is 0 Å². The molecule has 5 rings (SSSR count). The van der Waals surface area contributed by atoms with Crippen molar-refractivity contribution in [2.45, 2.75) is 18.9 Å². The average molecular weight is 396 g/mol. The number of nitrogens with two attached hydrogens (primary N) is 1. The van der Waals surface area contributed by atoms with Crippen molar-refractivity contribution in [3.05, 3.63) is 47.0 Å². The lowest BCUT2D eigenvalue weighted by molar-refractivity contribution is 0.402. The molecule has 0 amide bonds. The Labute approximate surface area is 161 Å². The van der Waals surface area contributed by atoms with Crippen LogP contribution in [0.4, 0.5) is 0 Å². The first-order valence-corrected chi connectivity index (χ1v) is 11.0. The minimum absolute atomic E-state index is 0.0374. The van der Waals surface area contributed by atoms with Gasteiger partial charge < -0.3 is 5.73 Å². The van der Waals surface area contributed by atoms with Gasteiger partial charge in [0.2, 0.25) is 16.0 Å². The number of nitrogens with zero attached hydrogens (tertiary/aromatic N) is 2. The number of rotatable bonds is 0. The van der Waals surface area contributed by atoms with Crippen molar-refractivity contribution < 1.29 is 8.42 Å². The first-order valence-electron chi connectivity index (χ1n) is 8.57. The summed E-state index contributed by atoms with van der Waals surface area (Å²) in [6.07, 6.45) is 0.604. The molecule has 0 saturated heterocycles. The predicted octanol–water partition coefficient (Wildman–Crippen LogP) is 2.77. The summed E-state index contributed by atoms with van der Waals surface area (Å²) in [5.74, 6) is 6.06. The number of benzene rings is 2. The van der Waals surface area contributed by atoms with E-state index in [0.29, 0.717) is 6.42 Å². The van der Waals surface area contributed by atoms with Gasteiger partial charge in [0.1, 0.15) is 5.54 Å². The number of hydrogen-bond donors (Lipinski definition) is 1. The molecule has 1 aromatic heterocycles. The maximum atomic E-state index is 12.5. The molecule has 0 fully saturated rings. The Kier molecular flexibility index (Phi) is 3.22. The number of hydrogen-bond acceptors (Lipinski definition) is 5. The Balaban J connectivity index is 1.74. The molecule has 27 heavy (non-hydrogen) atoms. The van der Waals surface area contributed by atoms with Crippen LogP contribution in [0, 0.1) is 11.8 Å². The second-order valence-corrected chi connectivity index (χ2v) is 10.2. The summed E-state index contributed by atoms with van der Waals surface area (Å²) in [7, 11) is -2.01. The van der Waals surface area contributed by atoms with Crippen LogP contribution in [0.5, 0.6) is 0 Å². The van der Waals surface area contributed by atoms with Gasteiger partial charge in [-0.05, 0) is 48.4 Å². The van der Waals surface area contributed by atoms with E-state index in [-0.39, 0.29) is 11.7 Å². The van der Waals surface area contributed by atoms with E-state index in [2.05, 4.69) is 41.1 Å². The van der Waals surface area contributed by atoms with Crippen LogP contribution in [0.3, 0.4) is 0 Å². The summed E-state index contributed by atoms with van der Waals surface area (Å²) < 4.78 is 28.5. The van der Waals surface area contributed by atoms with E-state index in [0.717, 1.165) is 31.8 Å². The molecule has 2 N–H and O–H groups in total. The van der Waals surface area contributed by atoms with Crippen LogP contribution < -0.4 is 5.73 Å². The van der Waals surface area contributed by atoms with Crippen molar-refractivity contribution in [3.8, 4) is 11.8 Å². The quantitative estimate of drug-likeness (QED) is 0.595. The van der Waals surface area contributed by atoms with E-state index in [9.17, 15) is 8.42 Å². The van der Waals surface area contributed by atoms with Crippen molar-refractivity contribution in [1.29, 1.82) is 0 Å². The Hall–Kier alpha value is -2.56. The molecule has 7 heteroatoms. The number of sulfonamides is 1. The highest BCUT2D eigenvalue weighted by atomic mass is 32.2. The zero-order valence-electron chi connectivity index (χ0n) is 14.9. The van der Waals surface area contributed by atoms with Gasteiger partial charge in [-0.25, -0.2) is 17.7 Å². The maximum absolute atomic E-state index is 12.5. The Morgan fingerprint density at radius 2 is 2.00 bits per heavy atom. The van der Waals surface area contributed by atoms with E-state index in [1.165, 1.54) is 16.4 Å². The van der Waals surface area contributed by atoms with Gasteiger partial charge in [0.15, 0.2) is 0 Å². The Bertz CT molecular complexity index is 1340. The fourth-order valence-electron chi connectivity index (χ4n) is 4.06. The molecular formula is C20H17N3O2S2. The summed E-state index contributed by atoms with van der Waals surface area (Å²) >= 11 is 1.75. The van der Waals surface area contributed by atoms with E-state index in [4.69, 9.17) is 5.73 Å². The smallest absolute Gasteiger partial charge is 0.239 e. The topological polar surface area (TPSA) is 75.8 Å². The predicted molar refractivity (Wildman–Crippen MR) is 110 cm³/mol. The number of aliphatic imine (C=N–C) groups is 1. The zero-order valence-corrected chi connectivity index (χ0v) is 16.5. The number of fused-ring (bicyclic) bond motifs is 5. The van der Waals surface area contributed by atoms with Crippen molar-refractivity contribution in [2.75, 3.05) is 12.8 Å². The summed E-state index contributed by atoms with van der Waals surface area (Å²) in [6, 6.07) is 10.5. The van der Waals surface area contributed by atoms with Crippen LogP contribution in [0.15, 0.2) is 35.3 Å². The molecule has 2 aliphatic rings. The minimum atomic E-state index is -3.46. The number of guanidine groups is 1. The molecule has 0 bridgehead atoms. The first-order chi connectivity index (χ1) is 12.8. The molecule has 1 aliphatic carbocycles. The summed E-state index contributed by atoms with van der Waals surface area (Å²) in [5.41, 5.74) is 8.26. The summed E-state index contributed by atoms with van der Waals surface area (Å²) in [4.78, 5) is 4.58. The van der Waals surface area contributed by atoms with Crippen molar-refractivity contribution >= 4 is 47.5 Å². The largest absolute Gasteiger partial charge is 0.369 e. The minimum Gasteiger partial charge on any atom is -0.369 e. The van der Waals surface area contributed by atoms with Gasteiger partial charge in [-0.1, -0.05) is 5.92 Å². The molecule has 0 unspecified atom stereocenters. The van der Waals surface area contributed by atoms with Gasteiger partial charge in [0.25, 0.3) is 0 Å². The van der Waals surface area contributed by atoms with E-state index in [1.807, 2.05) is 13.0 Å². The lowest BCUT2D eigenvalue weighted by atomic mass is 9.71. The monoisotopic (exact) mass is 395 g/mol. The first kappa shape index (κ1) is 16.6. The van der Waals surface area contributed by atoms with E-state index < -0.39 is 15.6 Å². The van der Waals surface area contributed by atoms with Crippen LogP contribution in [0.25, 0.3) is 20.2 Å². The lowest BCUT2D eigenvalue weighted by Crippen LogP contribution is -2.55. The van der Waals surface area contributed by atoms with Gasteiger partial charge in [-0.2, -0.15) is 0 Å². The van der Waals surface area contributed by atoms with Crippen LogP contribution >= 0.6 is 11.3 Å². The normalized spacial score (nSPS) is 22.9. The molecule has 0 saturated carbocycles. The molecule has 0 radical (unpaired) electrons. The highest BCUT2D eigenvalue weighted by Crippen LogP contribution is 2.49. The molecule has 2 aromatic carbocycles. The molecule has 1 spiro atoms. The van der Waals surface area contributed by atoms with Gasteiger partial charge in [-0.3, -0.25) is 0 Å². The van der Waals surface area contributed by atoms with Gasteiger partial charge in [-0.15, -0.1) is 17.3 Å². The average Bonchev–Trinajstić information content (AvgIpc) is 2.95. The highest BCUT2D eigenvalue weighted by Gasteiger charge is 2.50.